The minimum atomic E-state index is 0.509. The third-order valence-electron chi connectivity index (χ3n) is 2.45. The highest BCUT2D eigenvalue weighted by molar-refractivity contribution is 4.65. The molecule has 0 spiro atoms. The summed E-state index contributed by atoms with van der Waals surface area (Å²) in [5.74, 6) is 0. The third kappa shape index (κ3) is 6.66. The number of rotatable bonds is 7. The molecule has 0 bridgehead atoms. The van der Waals surface area contributed by atoms with Crippen LogP contribution in [0, 0.1) is 5.41 Å². The lowest BCUT2D eigenvalue weighted by molar-refractivity contribution is 0.121. The average Bonchev–Trinajstić information content (AvgIpc) is 2.04. The molecule has 0 aromatic heterocycles. The topological polar surface area (TPSA) is 9.23 Å². The predicted octanol–water partition coefficient (Wildman–Crippen LogP) is 3.63. The van der Waals surface area contributed by atoms with E-state index in [1.165, 1.54) is 19.3 Å². The standard InChI is InChI=1S/C11H24O/c1-5-9-12-10-7-8-11(3,4)6-2/h5-10H2,1-4H3. The molecule has 0 heterocycles. The van der Waals surface area contributed by atoms with Gasteiger partial charge in [0, 0.05) is 13.2 Å². The molecule has 1 nitrogen and oxygen atoms in total. The lowest BCUT2D eigenvalue weighted by Gasteiger charge is -2.21. The van der Waals surface area contributed by atoms with Crippen molar-refractivity contribution in [3.63, 3.8) is 0 Å². The van der Waals surface area contributed by atoms with Crippen molar-refractivity contribution >= 4 is 0 Å². The molecular formula is C11H24O. The van der Waals surface area contributed by atoms with Crippen LogP contribution in [0.4, 0.5) is 0 Å². The Morgan fingerprint density at radius 1 is 1.08 bits per heavy atom. The van der Waals surface area contributed by atoms with Crippen LogP contribution in [0.1, 0.15) is 53.4 Å². The van der Waals surface area contributed by atoms with Gasteiger partial charge >= 0.3 is 0 Å². The molecule has 74 valence electrons. The van der Waals surface area contributed by atoms with E-state index in [0.717, 1.165) is 19.6 Å². The minimum absolute atomic E-state index is 0.509. The number of hydrogen-bond donors (Lipinski definition) is 0. The van der Waals surface area contributed by atoms with Gasteiger partial charge in [0.05, 0.1) is 0 Å². The van der Waals surface area contributed by atoms with E-state index in [1.807, 2.05) is 0 Å². The fraction of sp³-hybridized carbons (Fsp3) is 1.00. The van der Waals surface area contributed by atoms with Crippen LogP contribution < -0.4 is 0 Å². The van der Waals surface area contributed by atoms with Gasteiger partial charge in [-0.25, -0.2) is 0 Å². The summed E-state index contributed by atoms with van der Waals surface area (Å²) in [6, 6.07) is 0. The normalized spacial score (nSPS) is 12.0. The second-order valence-electron chi connectivity index (χ2n) is 4.23. The second kappa shape index (κ2) is 6.47. The van der Waals surface area contributed by atoms with E-state index in [-0.39, 0.29) is 0 Å². The Bertz CT molecular complexity index is 97.2. The van der Waals surface area contributed by atoms with E-state index in [0.29, 0.717) is 5.41 Å². The van der Waals surface area contributed by atoms with Crippen molar-refractivity contribution in [3.05, 3.63) is 0 Å². The summed E-state index contributed by atoms with van der Waals surface area (Å²) < 4.78 is 5.42. The zero-order valence-corrected chi connectivity index (χ0v) is 9.15. The number of hydrogen-bond acceptors (Lipinski definition) is 1. The summed E-state index contributed by atoms with van der Waals surface area (Å²) in [5, 5.41) is 0. The monoisotopic (exact) mass is 172 g/mol. The van der Waals surface area contributed by atoms with Crippen LogP contribution in [-0.4, -0.2) is 13.2 Å². The predicted molar refractivity (Wildman–Crippen MR) is 54.4 cm³/mol. The van der Waals surface area contributed by atoms with Crippen molar-refractivity contribution in [2.75, 3.05) is 13.2 Å². The third-order valence-corrected chi connectivity index (χ3v) is 2.45. The van der Waals surface area contributed by atoms with Crippen LogP contribution in [-0.2, 0) is 4.74 Å². The van der Waals surface area contributed by atoms with E-state index < -0.39 is 0 Å². The molecule has 0 N–H and O–H groups in total. The zero-order valence-electron chi connectivity index (χ0n) is 9.15. The molecule has 0 aromatic carbocycles. The molecule has 0 radical (unpaired) electrons. The molecule has 0 aliphatic carbocycles. The fourth-order valence-electron chi connectivity index (χ4n) is 1.08. The summed E-state index contributed by atoms with van der Waals surface area (Å²) in [7, 11) is 0. The molecule has 0 aliphatic rings. The van der Waals surface area contributed by atoms with Crippen LogP contribution in [0.2, 0.25) is 0 Å². The first-order valence-corrected chi connectivity index (χ1v) is 5.20. The van der Waals surface area contributed by atoms with E-state index in [1.54, 1.807) is 0 Å². The van der Waals surface area contributed by atoms with E-state index in [2.05, 4.69) is 27.7 Å². The van der Waals surface area contributed by atoms with Gasteiger partial charge in [-0.1, -0.05) is 34.1 Å². The number of ether oxygens (including phenoxy) is 1. The molecule has 0 saturated heterocycles. The molecule has 12 heavy (non-hydrogen) atoms. The van der Waals surface area contributed by atoms with Gasteiger partial charge in [0.15, 0.2) is 0 Å². The van der Waals surface area contributed by atoms with E-state index >= 15 is 0 Å². The Morgan fingerprint density at radius 3 is 2.25 bits per heavy atom. The van der Waals surface area contributed by atoms with Gasteiger partial charge in [-0.3, -0.25) is 0 Å². The molecule has 0 fully saturated rings. The van der Waals surface area contributed by atoms with Gasteiger partial charge in [0.1, 0.15) is 0 Å². The Balaban J connectivity index is 3.19. The SMILES string of the molecule is CCCOCCCC(C)(C)CC. The molecular weight excluding hydrogens is 148 g/mol. The van der Waals surface area contributed by atoms with Crippen molar-refractivity contribution in [1.29, 1.82) is 0 Å². The molecule has 1 heteroatoms. The molecule has 0 amide bonds. The maximum Gasteiger partial charge on any atom is 0.0466 e. The summed E-state index contributed by atoms with van der Waals surface area (Å²) in [6.45, 7) is 10.9. The quantitative estimate of drug-likeness (QED) is 0.533. The molecule has 0 atom stereocenters. The highest BCUT2D eigenvalue weighted by Crippen LogP contribution is 2.25. The highest BCUT2D eigenvalue weighted by atomic mass is 16.5. The van der Waals surface area contributed by atoms with Crippen molar-refractivity contribution < 1.29 is 4.74 Å². The van der Waals surface area contributed by atoms with Crippen LogP contribution in [0.3, 0.4) is 0 Å². The second-order valence-corrected chi connectivity index (χ2v) is 4.23. The Labute approximate surface area is 77.5 Å². The zero-order chi connectivity index (χ0) is 9.45. The van der Waals surface area contributed by atoms with E-state index in [4.69, 9.17) is 4.74 Å². The summed E-state index contributed by atoms with van der Waals surface area (Å²) in [6.07, 6.45) is 4.89. The first-order valence-electron chi connectivity index (χ1n) is 5.20. The fourth-order valence-corrected chi connectivity index (χ4v) is 1.08. The highest BCUT2D eigenvalue weighted by Gasteiger charge is 2.13. The Kier molecular flexibility index (Phi) is 6.45. The van der Waals surface area contributed by atoms with Gasteiger partial charge in [0.25, 0.3) is 0 Å². The molecule has 0 rings (SSSR count). The van der Waals surface area contributed by atoms with Crippen LogP contribution in [0.5, 0.6) is 0 Å². The summed E-state index contributed by atoms with van der Waals surface area (Å²) in [4.78, 5) is 0. The van der Waals surface area contributed by atoms with Crippen molar-refractivity contribution in [3.8, 4) is 0 Å². The maximum atomic E-state index is 5.42. The Morgan fingerprint density at radius 2 is 1.75 bits per heavy atom. The molecule has 0 aromatic rings. The van der Waals surface area contributed by atoms with Crippen molar-refractivity contribution in [1.82, 2.24) is 0 Å². The first kappa shape index (κ1) is 12.0. The van der Waals surface area contributed by atoms with Gasteiger partial charge in [0.2, 0.25) is 0 Å². The van der Waals surface area contributed by atoms with Gasteiger partial charge in [-0.15, -0.1) is 0 Å². The largest absolute Gasteiger partial charge is 0.381 e. The smallest absolute Gasteiger partial charge is 0.0466 e. The maximum absolute atomic E-state index is 5.42. The summed E-state index contributed by atoms with van der Waals surface area (Å²) >= 11 is 0. The van der Waals surface area contributed by atoms with Gasteiger partial charge < -0.3 is 4.74 Å². The Hall–Kier alpha value is -0.0400. The summed E-state index contributed by atoms with van der Waals surface area (Å²) in [5.41, 5.74) is 0.509. The van der Waals surface area contributed by atoms with Crippen LogP contribution in [0.15, 0.2) is 0 Å². The van der Waals surface area contributed by atoms with Crippen molar-refractivity contribution in [2.24, 2.45) is 5.41 Å². The van der Waals surface area contributed by atoms with E-state index in [9.17, 15) is 0 Å². The minimum Gasteiger partial charge on any atom is -0.381 e. The van der Waals surface area contributed by atoms with Crippen LogP contribution >= 0.6 is 0 Å². The molecule has 0 aliphatic heterocycles. The molecule has 0 unspecified atom stereocenters. The lowest BCUT2D eigenvalue weighted by Crippen LogP contribution is -2.10. The molecule has 0 saturated carbocycles. The average molecular weight is 172 g/mol. The lowest BCUT2D eigenvalue weighted by atomic mass is 9.85. The van der Waals surface area contributed by atoms with Crippen molar-refractivity contribution in [2.45, 2.75) is 53.4 Å². The first-order chi connectivity index (χ1) is 5.62. The van der Waals surface area contributed by atoms with Gasteiger partial charge in [-0.05, 0) is 24.7 Å². The van der Waals surface area contributed by atoms with Crippen LogP contribution in [0.25, 0.3) is 0 Å². The van der Waals surface area contributed by atoms with Gasteiger partial charge in [-0.2, -0.15) is 0 Å².